The first-order chi connectivity index (χ1) is 11.2. The van der Waals surface area contributed by atoms with Crippen molar-refractivity contribution in [3.05, 3.63) is 53.6 Å². The van der Waals surface area contributed by atoms with Gasteiger partial charge in [0.05, 0.1) is 20.4 Å². The average Bonchev–Trinajstić information content (AvgIpc) is 2.61. The molecule has 0 atom stereocenters. The van der Waals surface area contributed by atoms with Gasteiger partial charge >= 0.3 is 0 Å². The molecule has 0 amide bonds. The molecule has 7 heteroatoms. The summed E-state index contributed by atoms with van der Waals surface area (Å²) in [4.78, 5) is 0.620. The Morgan fingerprint density at radius 3 is 2.57 bits per heavy atom. The maximum Gasteiger partial charge on any atom is 0.161 e. The van der Waals surface area contributed by atoms with E-state index in [0.717, 1.165) is 5.56 Å². The number of nitrogens with zero attached hydrogens (tertiary/aromatic N) is 2. The Bertz CT molecular complexity index is 732. The molecule has 0 aliphatic rings. The van der Waals surface area contributed by atoms with Crippen molar-refractivity contribution in [3.63, 3.8) is 0 Å². The first kappa shape index (κ1) is 16.9. The van der Waals surface area contributed by atoms with Crippen LogP contribution in [0.5, 0.6) is 11.5 Å². The highest BCUT2D eigenvalue weighted by atomic mass is 32.2. The minimum atomic E-state index is 0.221. The summed E-state index contributed by atoms with van der Waals surface area (Å²) in [7, 11) is 3.14. The molecule has 0 aliphatic heterocycles. The molecule has 3 N–H and O–H groups in total. The fourth-order valence-corrected chi connectivity index (χ4v) is 2.31. The number of rotatable bonds is 6. The molecule has 120 valence electrons. The Hall–Kier alpha value is -2.51. The number of nitrogens with two attached hydrogens (primary N) is 1. The molecule has 0 radical (unpaired) electrons. The van der Waals surface area contributed by atoms with Crippen molar-refractivity contribution in [2.24, 2.45) is 15.9 Å². The van der Waals surface area contributed by atoms with E-state index in [9.17, 15) is 4.55 Å². The van der Waals surface area contributed by atoms with Gasteiger partial charge in [0.25, 0.3) is 0 Å². The maximum atomic E-state index is 9.22. The third-order valence-electron chi connectivity index (χ3n) is 3.04. The monoisotopic (exact) mass is 331 g/mol. The summed E-state index contributed by atoms with van der Waals surface area (Å²) in [5, 5.41) is 7.94. The maximum absolute atomic E-state index is 9.22. The first-order valence-electron chi connectivity index (χ1n) is 6.69. The van der Waals surface area contributed by atoms with E-state index >= 15 is 0 Å². The van der Waals surface area contributed by atoms with Gasteiger partial charge in [-0.05, 0) is 35.9 Å². The number of hydrogen-bond acceptors (Lipinski definition) is 6. The van der Waals surface area contributed by atoms with Crippen LogP contribution in [-0.4, -0.2) is 30.8 Å². The van der Waals surface area contributed by atoms with E-state index in [2.05, 4.69) is 10.2 Å². The van der Waals surface area contributed by atoms with Gasteiger partial charge in [-0.3, -0.25) is 0 Å². The minimum Gasteiger partial charge on any atom is -0.493 e. The Balaban J connectivity index is 2.20. The van der Waals surface area contributed by atoms with E-state index < -0.39 is 0 Å². The molecule has 0 saturated heterocycles. The third-order valence-corrected chi connectivity index (χ3v) is 3.59. The first-order valence-corrected chi connectivity index (χ1v) is 7.46. The predicted molar refractivity (Wildman–Crippen MR) is 92.8 cm³/mol. The fourth-order valence-electron chi connectivity index (χ4n) is 1.90. The number of hydrogen-bond donors (Lipinski definition) is 2. The highest BCUT2D eigenvalue weighted by Crippen LogP contribution is 2.26. The third kappa shape index (κ3) is 4.24. The second-order valence-corrected chi connectivity index (χ2v) is 5.05. The lowest BCUT2D eigenvalue weighted by Gasteiger charge is -2.07. The lowest BCUT2D eigenvalue weighted by Crippen LogP contribution is -2.13. The number of methoxy groups -OCH3 is 2. The second kappa shape index (κ2) is 8.21. The van der Waals surface area contributed by atoms with Crippen LogP contribution in [0.2, 0.25) is 0 Å². The molecule has 0 aromatic heterocycles. The van der Waals surface area contributed by atoms with Gasteiger partial charge < -0.3 is 19.8 Å². The number of benzene rings is 2. The zero-order chi connectivity index (χ0) is 16.7. The van der Waals surface area contributed by atoms with E-state index in [1.165, 1.54) is 0 Å². The Kier molecular flexibility index (Phi) is 6.02. The van der Waals surface area contributed by atoms with Crippen LogP contribution in [0.15, 0.2) is 57.6 Å². The molecule has 0 unspecified atom stereocenters. The van der Waals surface area contributed by atoms with Crippen molar-refractivity contribution >= 4 is 24.1 Å². The van der Waals surface area contributed by atoms with Gasteiger partial charge in [-0.1, -0.05) is 12.1 Å². The van der Waals surface area contributed by atoms with Crippen molar-refractivity contribution in [2.45, 2.75) is 4.90 Å². The van der Waals surface area contributed by atoms with Crippen LogP contribution >= 0.6 is 12.0 Å². The standard InChI is InChI=1S/C16H17N3O3S/c1-21-13-8-7-11(9-14(13)22-2)10-18-19-16(17)12-5-3-4-6-15(12)23-20/h3-10,20H,1-2H3,(H2,17,19)/b18-10+. The van der Waals surface area contributed by atoms with Gasteiger partial charge in [-0.25, -0.2) is 0 Å². The molecule has 0 spiro atoms. The second-order valence-electron chi connectivity index (χ2n) is 4.43. The van der Waals surface area contributed by atoms with Crippen LogP contribution in [0.25, 0.3) is 0 Å². The van der Waals surface area contributed by atoms with Crippen LogP contribution in [0.3, 0.4) is 0 Å². The van der Waals surface area contributed by atoms with E-state index in [4.69, 9.17) is 15.2 Å². The van der Waals surface area contributed by atoms with Gasteiger partial charge in [0.15, 0.2) is 17.3 Å². The molecule has 0 bridgehead atoms. The van der Waals surface area contributed by atoms with Crippen molar-refractivity contribution in [3.8, 4) is 11.5 Å². The molecule has 0 fully saturated rings. The Labute approximate surface area is 138 Å². The van der Waals surface area contributed by atoms with E-state index in [1.54, 1.807) is 44.7 Å². The van der Waals surface area contributed by atoms with Gasteiger partial charge in [0, 0.05) is 22.5 Å². The average molecular weight is 331 g/mol. The van der Waals surface area contributed by atoms with Crippen molar-refractivity contribution in [2.75, 3.05) is 14.2 Å². The highest BCUT2D eigenvalue weighted by molar-refractivity contribution is 7.93. The van der Waals surface area contributed by atoms with Gasteiger partial charge in [-0.2, -0.15) is 5.10 Å². The summed E-state index contributed by atoms with van der Waals surface area (Å²) in [6, 6.07) is 12.5. The zero-order valence-corrected chi connectivity index (χ0v) is 13.6. The van der Waals surface area contributed by atoms with Crippen molar-refractivity contribution < 1.29 is 14.0 Å². The van der Waals surface area contributed by atoms with E-state index in [1.807, 2.05) is 18.2 Å². The summed E-state index contributed by atoms with van der Waals surface area (Å²) in [5.41, 5.74) is 7.33. The van der Waals surface area contributed by atoms with Crippen molar-refractivity contribution in [1.29, 1.82) is 0 Å². The van der Waals surface area contributed by atoms with E-state index in [0.29, 0.717) is 34.0 Å². The molecular weight excluding hydrogens is 314 g/mol. The van der Waals surface area contributed by atoms with Crippen LogP contribution in [-0.2, 0) is 0 Å². The number of amidine groups is 1. The summed E-state index contributed by atoms with van der Waals surface area (Å²) >= 11 is 0.619. The van der Waals surface area contributed by atoms with E-state index in [-0.39, 0.29) is 5.84 Å². The predicted octanol–water partition coefficient (Wildman–Crippen LogP) is 3.01. The lowest BCUT2D eigenvalue weighted by molar-refractivity contribution is 0.355. The quantitative estimate of drug-likeness (QED) is 0.367. The van der Waals surface area contributed by atoms with Gasteiger partial charge in [0.1, 0.15) is 0 Å². The van der Waals surface area contributed by atoms with Gasteiger partial charge in [-0.15, -0.1) is 5.10 Å². The smallest absolute Gasteiger partial charge is 0.161 e. The Morgan fingerprint density at radius 2 is 1.87 bits per heavy atom. The van der Waals surface area contributed by atoms with Crippen LogP contribution in [0, 0.1) is 0 Å². The summed E-state index contributed by atoms with van der Waals surface area (Å²) < 4.78 is 19.6. The minimum absolute atomic E-state index is 0.221. The molecule has 2 aromatic rings. The van der Waals surface area contributed by atoms with Gasteiger partial charge in [0.2, 0.25) is 0 Å². The zero-order valence-electron chi connectivity index (χ0n) is 12.8. The molecule has 0 aliphatic carbocycles. The fraction of sp³-hybridized carbons (Fsp3) is 0.125. The molecule has 0 heterocycles. The summed E-state index contributed by atoms with van der Waals surface area (Å²) in [5.74, 6) is 1.47. The molecule has 0 saturated carbocycles. The highest BCUT2D eigenvalue weighted by Gasteiger charge is 2.05. The Morgan fingerprint density at radius 1 is 1.13 bits per heavy atom. The van der Waals surface area contributed by atoms with Crippen LogP contribution < -0.4 is 15.2 Å². The van der Waals surface area contributed by atoms with Crippen LogP contribution in [0.1, 0.15) is 11.1 Å². The molecule has 2 aromatic carbocycles. The van der Waals surface area contributed by atoms with Crippen LogP contribution in [0.4, 0.5) is 0 Å². The topological polar surface area (TPSA) is 89.4 Å². The molecule has 2 rings (SSSR count). The summed E-state index contributed by atoms with van der Waals surface area (Å²) in [6.07, 6.45) is 1.56. The SMILES string of the molecule is COc1ccc(/C=N/N=C(N)c2ccccc2SO)cc1OC. The molecule has 6 nitrogen and oxygen atoms in total. The molecule has 23 heavy (non-hydrogen) atoms. The number of ether oxygens (including phenoxy) is 2. The molecular formula is C16H17N3O3S. The lowest BCUT2D eigenvalue weighted by atomic mass is 10.2. The summed E-state index contributed by atoms with van der Waals surface area (Å²) in [6.45, 7) is 0. The normalized spacial score (nSPS) is 11.7. The van der Waals surface area contributed by atoms with Crippen molar-refractivity contribution in [1.82, 2.24) is 0 Å². The largest absolute Gasteiger partial charge is 0.493 e.